The molecule has 0 bridgehead atoms. The van der Waals surface area contributed by atoms with Crippen molar-refractivity contribution >= 4 is 6.03 Å². The standard InChI is InChI=1S/C34H41F2N5O2/c1-23-7-3-4-8-27(23)30-19-32(42)40(22-38-30)20-24-11-15-39(21-34(24)13-5-6-14-34)33(43)41-16-12-26(37-2)18-31(41)28-10-9-25(35)17-29(28)36/h3-4,7-10,17,19,22,24,26,31,37H,5-6,11-16,18,20-21H2,1-2H3/t24-,26+,31-/m0/s1. The Kier molecular flexibility index (Phi) is 8.36. The number of hydrogen-bond acceptors (Lipinski definition) is 4. The van der Waals surface area contributed by atoms with Crippen LogP contribution >= 0.6 is 0 Å². The van der Waals surface area contributed by atoms with Crippen LogP contribution in [0.2, 0.25) is 0 Å². The average Bonchev–Trinajstić information content (AvgIpc) is 3.47. The summed E-state index contributed by atoms with van der Waals surface area (Å²) in [6.07, 6.45) is 8.06. The molecule has 3 aromatic rings. The second kappa shape index (κ2) is 12.2. The van der Waals surface area contributed by atoms with E-state index >= 15 is 0 Å². The number of nitrogens with zero attached hydrogens (tertiary/aromatic N) is 4. The summed E-state index contributed by atoms with van der Waals surface area (Å²) >= 11 is 0. The molecule has 2 aromatic carbocycles. The van der Waals surface area contributed by atoms with Gasteiger partial charge in [-0.15, -0.1) is 0 Å². The second-order valence-electron chi connectivity index (χ2n) is 12.7. The summed E-state index contributed by atoms with van der Waals surface area (Å²) in [4.78, 5) is 35.8. The van der Waals surface area contributed by atoms with Crippen LogP contribution in [-0.4, -0.2) is 58.1 Å². The Balaban J connectivity index is 1.21. The molecule has 3 heterocycles. The van der Waals surface area contributed by atoms with E-state index in [9.17, 15) is 18.4 Å². The summed E-state index contributed by atoms with van der Waals surface area (Å²) in [5.41, 5.74) is 2.96. The third-order valence-electron chi connectivity index (χ3n) is 10.3. The van der Waals surface area contributed by atoms with Crippen LogP contribution in [0.3, 0.4) is 0 Å². The van der Waals surface area contributed by atoms with Crippen LogP contribution < -0.4 is 10.9 Å². The summed E-state index contributed by atoms with van der Waals surface area (Å²) in [7, 11) is 1.88. The molecule has 0 radical (unpaired) electrons. The predicted octanol–water partition coefficient (Wildman–Crippen LogP) is 5.92. The van der Waals surface area contributed by atoms with Crippen molar-refractivity contribution in [3.63, 3.8) is 0 Å². The number of hydrogen-bond donors (Lipinski definition) is 1. The third-order valence-corrected chi connectivity index (χ3v) is 10.3. The lowest BCUT2D eigenvalue weighted by Gasteiger charge is -2.49. The van der Waals surface area contributed by atoms with Crippen molar-refractivity contribution in [1.29, 1.82) is 0 Å². The molecule has 2 aliphatic heterocycles. The molecule has 1 spiro atoms. The summed E-state index contributed by atoms with van der Waals surface area (Å²) in [5, 5.41) is 3.28. The molecule has 1 aliphatic carbocycles. The van der Waals surface area contributed by atoms with Gasteiger partial charge in [-0.1, -0.05) is 43.2 Å². The van der Waals surface area contributed by atoms with Crippen molar-refractivity contribution in [2.45, 2.75) is 70.5 Å². The summed E-state index contributed by atoms with van der Waals surface area (Å²) in [6.45, 7) is 4.32. The molecule has 6 rings (SSSR count). The lowest BCUT2D eigenvalue weighted by Crippen LogP contribution is -2.57. The van der Waals surface area contributed by atoms with Crippen LogP contribution in [0.5, 0.6) is 0 Å². The van der Waals surface area contributed by atoms with E-state index in [-0.39, 0.29) is 29.0 Å². The third kappa shape index (κ3) is 5.84. The van der Waals surface area contributed by atoms with Crippen molar-refractivity contribution in [1.82, 2.24) is 24.7 Å². The van der Waals surface area contributed by atoms with Crippen molar-refractivity contribution in [2.24, 2.45) is 11.3 Å². The largest absolute Gasteiger partial charge is 0.324 e. The number of amides is 2. The lowest BCUT2D eigenvalue weighted by molar-refractivity contribution is 0.0205. The number of carbonyl (C=O) groups excluding carboxylic acids is 1. The zero-order valence-electron chi connectivity index (χ0n) is 25.1. The van der Waals surface area contributed by atoms with Crippen LogP contribution in [0.4, 0.5) is 13.6 Å². The first-order valence-corrected chi connectivity index (χ1v) is 15.6. The molecule has 228 valence electrons. The van der Waals surface area contributed by atoms with Gasteiger partial charge in [0.15, 0.2) is 0 Å². The maximum absolute atomic E-state index is 15.0. The van der Waals surface area contributed by atoms with E-state index in [4.69, 9.17) is 0 Å². The Morgan fingerprint density at radius 2 is 1.86 bits per heavy atom. The molecular formula is C34H41F2N5O2. The number of halogens is 2. The molecule has 0 unspecified atom stereocenters. The predicted molar refractivity (Wildman–Crippen MR) is 163 cm³/mol. The van der Waals surface area contributed by atoms with Crippen molar-refractivity contribution < 1.29 is 13.6 Å². The molecule has 3 fully saturated rings. The fourth-order valence-electron chi connectivity index (χ4n) is 7.81. The highest BCUT2D eigenvalue weighted by molar-refractivity contribution is 5.75. The molecule has 3 atom stereocenters. The first-order valence-electron chi connectivity index (χ1n) is 15.6. The van der Waals surface area contributed by atoms with E-state index in [0.717, 1.165) is 55.7 Å². The van der Waals surface area contributed by atoms with Crippen molar-refractivity contribution in [3.8, 4) is 11.3 Å². The molecular weight excluding hydrogens is 548 g/mol. The van der Waals surface area contributed by atoms with Crippen LogP contribution in [0.15, 0.2) is 59.7 Å². The molecule has 1 N–H and O–H groups in total. The first-order chi connectivity index (χ1) is 20.8. The zero-order chi connectivity index (χ0) is 30.1. The Labute approximate surface area is 251 Å². The Bertz CT molecular complexity index is 1540. The fourth-order valence-corrected chi connectivity index (χ4v) is 7.81. The highest BCUT2D eigenvalue weighted by atomic mass is 19.1. The number of carbonyl (C=O) groups is 1. The van der Waals surface area contributed by atoms with Gasteiger partial charge in [-0.2, -0.15) is 0 Å². The van der Waals surface area contributed by atoms with E-state index in [2.05, 4.69) is 10.3 Å². The molecule has 1 saturated carbocycles. The van der Waals surface area contributed by atoms with Crippen molar-refractivity contribution in [3.05, 3.63) is 88.0 Å². The van der Waals surface area contributed by atoms with Gasteiger partial charge in [-0.3, -0.25) is 9.36 Å². The van der Waals surface area contributed by atoms with Gasteiger partial charge < -0.3 is 15.1 Å². The molecule has 9 heteroatoms. The highest BCUT2D eigenvalue weighted by Crippen LogP contribution is 2.49. The maximum Gasteiger partial charge on any atom is 0.320 e. The van der Waals surface area contributed by atoms with E-state index in [0.29, 0.717) is 43.9 Å². The molecule has 2 amide bonds. The van der Waals surface area contributed by atoms with E-state index in [1.54, 1.807) is 21.9 Å². The summed E-state index contributed by atoms with van der Waals surface area (Å²) < 4.78 is 30.4. The minimum absolute atomic E-state index is 0.0588. The Morgan fingerprint density at radius 3 is 2.58 bits per heavy atom. The van der Waals surface area contributed by atoms with Gasteiger partial charge in [0, 0.05) is 55.5 Å². The van der Waals surface area contributed by atoms with E-state index in [1.165, 1.54) is 12.1 Å². The quantitative estimate of drug-likeness (QED) is 0.401. The fraction of sp³-hybridized carbons (Fsp3) is 0.500. The van der Waals surface area contributed by atoms with Crippen molar-refractivity contribution in [2.75, 3.05) is 26.7 Å². The van der Waals surface area contributed by atoms with Gasteiger partial charge >= 0.3 is 6.03 Å². The Hall–Kier alpha value is -3.59. The second-order valence-corrected chi connectivity index (χ2v) is 12.7. The highest BCUT2D eigenvalue weighted by Gasteiger charge is 2.47. The molecule has 43 heavy (non-hydrogen) atoms. The van der Waals surface area contributed by atoms with Gasteiger partial charge in [-0.05, 0) is 69.0 Å². The lowest BCUT2D eigenvalue weighted by atomic mass is 9.69. The molecule has 7 nitrogen and oxygen atoms in total. The first kappa shape index (κ1) is 29.5. The Morgan fingerprint density at radius 1 is 1.07 bits per heavy atom. The number of aromatic nitrogens is 2. The minimum Gasteiger partial charge on any atom is -0.324 e. The average molecular weight is 590 g/mol. The SMILES string of the molecule is CN[C@@H]1CCN(C(=O)N2CC[C@@H](Cn3cnc(-c4ccccc4C)cc3=O)C3(CCCC3)C2)[C@H](c2ccc(F)cc2F)C1. The molecule has 2 saturated heterocycles. The van der Waals surface area contributed by atoms with Crippen LogP contribution in [-0.2, 0) is 6.54 Å². The van der Waals surface area contributed by atoms with E-state index < -0.39 is 17.7 Å². The number of likely N-dealkylation sites (tertiary alicyclic amines) is 2. The molecule has 3 aliphatic rings. The number of aryl methyl sites for hydroxylation is 1. The molecule has 1 aromatic heterocycles. The van der Waals surface area contributed by atoms with Gasteiger partial charge in [0.1, 0.15) is 11.6 Å². The van der Waals surface area contributed by atoms with E-state index in [1.807, 2.05) is 43.1 Å². The number of benzene rings is 2. The maximum atomic E-state index is 15.0. The smallest absolute Gasteiger partial charge is 0.320 e. The number of nitrogens with one attached hydrogen (secondary N) is 1. The van der Waals surface area contributed by atoms with Crippen LogP contribution in [0, 0.1) is 29.9 Å². The van der Waals surface area contributed by atoms with Gasteiger partial charge in [0.2, 0.25) is 0 Å². The van der Waals surface area contributed by atoms with Crippen LogP contribution in [0.25, 0.3) is 11.3 Å². The number of piperidine rings is 2. The van der Waals surface area contributed by atoms with Crippen LogP contribution in [0.1, 0.15) is 62.1 Å². The zero-order valence-corrected chi connectivity index (χ0v) is 25.1. The number of urea groups is 1. The normalized spacial score (nSPS) is 23.6. The monoisotopic (exact) mass is 589 g/mol. The minimum atomic E-state index is -0.621. The number of rotatable bonds is 5. The van der Waals surface area contributed by atoms with Gasteiger partial charge in [0.25, 0.3) is 5.56 Å². The van der Waals surface area contributed by atoms with Gasteiger partial charge in [0.05, 0.1) is 18.1 Å². The summed E-state index contributed by atoms with van der Waals surface area (Å²) in [5.74, 6) is -0.981. The topological polar surface area (TPSA) is 70.5 Å². The summed E-state index contributed by atoms with van der Waals surface area (Å²) in [6, 6.07) is 12.8. The van der Waals surface area contributed by atoms with Gasteiger partial charge in [-0.25, -0.2) is 18.6 Å².